The number of pyridine rings is 1. The van der Waals surface area contributed by atoms with Gasteiger partial charge in [0, 0.05) is 11.8 Å². The summed E-state index contributed by atoms with van der Waals surface area (Å²) in [5.74, 6) is -1.50. The summed E-state index contributed by atoms with van der Waals surface area (Å²) in [6, 6.07) is 9.34. The Balaban J connectivity index is 1.86. The van der Waals surface area contributed by atoms with E-state index in [1.165, 1.54) is 55.5 Å². The molecular formula is C20H17F3N2O6. The van der Waals surface area contributed by atoms with Crippen LogP contribution >= 0.6 is 0 Å². The largest absolute Gasteiger partial charge is 0.466 e. The zero-order valence-electron chi connectivity index (χ0n) is 16.4. The third-order valence-electron chi connectivity index (χ3n) is 4.22. The Bertz CT molecular complexity index is 1000. The molecule has 0 saturated heterocycles. The Hall–Kier alpha value is -3.60. The number of benzene rings is 1. The van der Waals surface area contributed by atoms with E-state index < -0.39 is 23.8 Å². The van der Waals surface area contributed by atoms with Crippen LogP contribution in [0.15, 0.2) is 53.7 Å². The third kappa shape index (κ3) is 4.94. The highest BCUT2D eigenvalue weighted by Gasteiger charge is 2.33. The molecule has 0 unspecified atom stereocenters. The summed E-state index contributed by atoms with van der Waals surface area (Å²) in [4.78, 5) is 29.2. The van der Waals surface area contributed by atoms with Gasteiger partial charge in [0.2, 0.25) is 5.88 Å². The van der Waals surface area contributed by atoms with Gasteiger partial charge >= 0.3 is 18.1 Å². The van der Waals surface area contributed by atoms with E-state index in [0.717, 1.165) is 6.07 Å². The molecular weight excluding hydrogens is 421 g/mol. The van der Waals surface area contributed by atoms with E-state index in [-0.39, 0.29) is 36.2 Å². The number of ether oxygens (including phenoxy) is 4. The molecule has 2 aromatic rings. The quantitative estimate of drug-likeness (QED) is 0.658. The summed E-state index contributed by atoms with van der Waals surface area (Å²) in [6.45, 7) is -0.170. The van der Waals surface area contributed by atoms with Gasteiger partial charge in [0.1, 0.15) is 23.9 Å². The van der Waals surface area contributed by atoms with Crippen LogP contribution in [0.25, 0.3) is 0 Å². The molecule has 0 spiro atoms. The van der Waals surface area contributed by atoms with Crippen molar-refractivity contribution in [3.63, 3.8) is 0 Å². The maximum atomic E-state index is 12.8. The van der Waals surface area contributed by atoms with E-state index in [9.17, 15) is 22.8 Å². The van der Waals surface area contributed by atoms with E-state index in [2.05, 4.69) is 4.98 Å². The number of alkyl halides is 3. The minimum absolute atomic E-state index is 0.00547. The molecule has 1 aliphatic rings. The first-order chi connectivity index (χ1) is 14.7. The van der Waals surface area contributed by atoms with Crippen molar-refractivity contribution < 1.29 is 41.7 Å². The van der Waals surface area contributed by atoms with Crippen LogP contribution in [0.1, 0.15) is 5.69 Å². The van der Waals surface area contributed by atoms with Crippen LogP contribution in [0.2, 0.25) is 0 Å². The summed E-state index contributed by atoms with van der Waals surface area (Å²) in [5, 5.41) is 0. The summed E-state index contributed by atoms with van der Waals surface area (Å²) in [7, 11) is 2.36. The van der Waals surface area contributed by atoms with Crippen LogP contribution in [0.4, 0.5) is 18.9 Å². The Labute approximate surface area is 174 Å². The molecule has 0 N–H and O–H groups in total. The molecule has 3 rings (SSSR count). The number of aromatic nitrogens is 1. The molecule has 0 saturated carbocycles. The predicted octanol–water partition coefficient (Wildman–Crippen LogP) is 3.29. The maximum absolute atomic E-state index is 12.8. The monoisotopic (exact) mass is 438 g/mol. The van der Waals surface area contributed by atoms with Gasteiger partial charge in [0.25, 0.3) is 0 Å². The molecule has 31 heavy (non-hydrogen) atoms. The number of halogens is 3. The number of hydrogen-bond acceptors (Lipinski definition) is 8. The fourth-order valence-corrected chi connectivity index (χ4v) is 2.79. The molecule has 1 aromatic heterocycles. The summed E-state index contributed by atoms with van der Waals surface area (Å²) in [6.07, 6.45) is -4.59. The number of esters is 2. The fourth-order valence-electron chi connectivity index (χ4n) is 2.79. The van der Waals surface area contributed by atoms with Crippen molar-refractivity contribution >= 4 is 17.6 Å². The molecule has 0 atom stereocenters. The molecule has 8 nitrogen and oxygen atoms in total. The number of nitrogens with zero attached hydrogens (tertiary/aromatic N) is 2. The summed E-state index contributed by atoms with van der Waals surface area (Å²) < 4.78 is 58.7. The molecule has 0 bridgehead atoms. The molecule has 2 heterocycles. The standard InChI is InChI=1S/C20H17F3N2O6/c1-28-18(26)14-10-30-11-25(17(14)19(27)29-2)12-6-8-13(9-7-12)31-16-5-3-4-15(24-16)20(21,22)23/h3-9H,10-11H2,1-2H3. The summed E-state index contributed by atoms with van der Waals surface area (Å²) in [5.41, 5.74) is -0.663. The second kappa shape index (κ2) is 9.04. The normalized spacial score (nSPS) is 14.3. The van der Waals surface area contributed by atoms with Crippen LogP contribution in [-0.2, 0) is 30.0 Å². The first-order valence-corrected chi connectivity index (χ1v) is 8.82. The first kappa shape index (κ1) is 22.1. The Morgan fingerprint density at radius 1 is 1.03 bits per heavy atom. The average Bonchev–Trinajstić information content (AvgIpc) is 2.77. The van der Waals surface area contributed by atoms with Gasteiger partial charge in [-0.2, -0.15) is 13.2 Å². The van der Waals surface area contributed by atoms with Crippen LogP contribution in [0.5, 0.6) is 11.6 Å². The number of carbonyl (C=O) groups excluding carboxylic acids is 2. The molecule has 0 amide bonds. The highest BCUT2D eigenvalue weighted by atomic mass is 19.4. The number of hydrogen-bond donors (Lipinski definition) is 0. The van der Waals surface area contributed by atoms with Crippen molar-refractivity contribution in [1.82, 2.24) is 4.98 Å². The summed E-state index contributed by atoms with van der Waals surface area (Å²) >= 11 is 0. The minimum Gasteiger partial charge on any atom is -0.466 e. The molecule has 0 aliphatic carbocycles. The van der Waals surface area contributed by atoms with Gasteiger partial charge in [-0.05, 0) is 30.3 Å². The number of methoxy groups -OCH3 is 2. The highest BCUT2D eigenvalue weighted by molar-refractivity contribution is 6.03. The van der Waals surface area contributed by atoms with Gasteiger partial charge in [0.15, 0.2) is 0 Å². The Morgan fingerprint density at radius 2 is 1.71 bits per heavy atom. The van der Waals surface area contributed by atoms with Crippen molar-refractivity contribution in [3.05, 3.63) is 59.4 Å². The third-order valence-corrected chi connectivity index (χ3v) is 4.22. The van der Waals surface area contributed by atoms with Gasteiger partial charge in [-0.3, -0.25) is 0 Å². The zero-order chi connectivity index (χ0) is 22.6. The lowest BCUT2D eigenvalue weighted by Gasteiger charge is -2.31. The molecule has 164 valence electrons. The van der Waals surface area contributed by atoms with Crippen molar-refractivity contribution in [2.45, 2.75) is 6.18 Å². The lowest BCUT2D eigenvalue weighted by atomic mass is 10.1. The SMILES string of the molecule is COC(=O)C1=C(C(=O)OC)N(c2ccc(Oc3cccc(C(F)(F)F)n3)cc2)COC1. The van der Waals surface area contributed by atoms with E-state index in [4.69, 9.17) is 18.9 Å². The van der Waals surface area contributed by atoms with Gasteiger partial charge < -0.3 is 23.8 Å². The van der Waals surface area contributed by atoms with Gasteiger partial charge in [-0.1, -0.05) is 6.07 Å². The number of anilines is 1. The molecule has 11 heteroatoms. The number of rotatable bonds is 5. The van der Waals surface area contributed by atoms with Crippen LogP contribution in [0.3, 0.4) is 0 Å². The van der Waals surface area contributed by atoms with E-state index in [1.54, 1.807) is 0 Å². The van der Waals surface area contributed by atoms with Gasteiger partial charge in [-0.25, -0.2) is 14.6 Å². The first-order valence-electron chi connectivity index (χ1n) is 8.82. The molecule has 1 aliphatic heterocycles. The maximum Gasteiger partial charge on any atom is 0.433 e. The predicted molar refractivity (Wildman–Crippen MR) is 100 cm³/mol. The van der Waals surface area contributed by atoms with Crippen LogP contribution < -0.4 is 9.64 Å². The Kier molecular flexibility index (Phi) is 6.44. The second-order valence-corrected chi connectivity index (χ2v) is 6.17. The van der Waals surface area contributed by atoms with Crippen molar-refractivity contribution in [2.24, 2.45) is 0 Å². The highest BCUT2D eigenvalue weighted by Crippen LogP contribution is 2.31. The fraction of sp³-hybridized carbons (Fsp3) is 0.250. The molecule has 0 fully saturated rings. The molecule has 1 aromatic carbocycles. The zero-order valence-corrected chi connectivity index (χ0v) is 16.4. The topological polar surface area (TPSA) is 87.2 Å². The Morgan fingerprint density at radius 3 is 2.32 bits per heavy atom. The van der Waals surface area contributed by atoms with Gasteiger partial charge in [-0.15, -0.1) is 0 Å². The van der Waals surface area contributed by atoms with E-state index in [0.29, 0.717) is 5.69 Å². The van der Waals surface area contributed by atoms with Gasteiger partial charge in [0.05, 0.1) is 26.4 Å². The smallest absolute Gasteiger partial charge is 0.433 e. The van der Waals surface area contributed by atoms with E-state index >= 15 is 0 Å². The molecule has 0 radical (unpaired) electrons. The minimum atomic E-state index is -4.59. The average molecular weight is 438 g/mol. The van der Waals surface area contributed by atoms with Crippen LogP contribution in [0, 0.1) is 0 Å². The number of carbonyl (C=O) groups is 2. The lowest BCUT2D eigenvalue weighted by Crippen LogP contribution is -2.38. The lowest BCUT2D eigenvalue weighted by molar-refractivity contribution is -0.141. The van der Waals surface area contributed by atoms with Crippen LogP contribution in [-0.4, -0.2) is 44.5 Å². The van der Waals surface area contributed by atoms with E-state index in [1.807, 2.05) is 0 Å². The van der Waals surface area contributed by atoms with Crippen molar-refractivity contribution in [2.75, 3.05) is 32.5 Å². The van der Waals surface area contributed by atoms with Crippen molar-refractivity contribution in [3.8, 4) is 11.6 Å². The second-order valence-electron chi connectivity index (χ2n) is 6.17. The van der Waals surface area contributed by atoms with Crippen molar-refractivity contribution in [1.29, 1.82) is 0 Å².